The van der Waals surface area contributed by atoms with E-state index in [1.807, 2.05) is 66.7 Å². The summed E-state index contributed by atoms with van der Waals surface area (Å²) in [6, 6.07) is 25.8. The first kappa shape index (κ1) is 19.3. The minimum Gasteiger partial charge on any atom is -0.491 e. The van der Waals surface area contributed by atoms with E-state index in [1.54, 1.807) is 0 Å². The summed E-state index contributed by atoms with van der Waals surface area (Å²) in [4.78, 5) is 0. The van der Waals surface area contributed by atoms with Gasteiger partial charge in [-0.2, -0.15) is 0 Å². The average Bonchev–Trinajstić information content (AvgIpc) is 3.24. The van der Waals surface area contributed by atoms with Gasteiger partial charge in [0.2, 0.25) is 6.79 Å². The molecule has 29 heavy (non-hydrogen) atoms. The highest BCUT2D eigenvalue weighted by atomic mass is 16.7. The van der Waals surface area contributed by atoms with Crippen LogP contribution < -0.4 is 19.5 Å². The molecule has 0 spiro atoms. The number of fused-ring (bicyclic) bond motifs is 1. The molecule has 3 aromatic carbocycles. The van der Waals surface area contributed by atoms with Crippen molar-refractivity contribution in [1.82, 2.24) is 5.32 Å². The third-order valence-electron chi connectivity index (χ3n) is 4.87. The van der Waals surface area contributed by atoms with Crippen LogP contribution >= 0.6 is 0 Å². The van der Waals surface area contributed by atoms with Crippen LogP contribution in [-0.2, 0) is 6.42 Å². The third-order valence-corrected chi connectivity index (χ3v) is 4.87. The van der Waals surface area contributed by atoms with Crippen molar-refractivity contribution < 1.29 is 19.3 Å². The van der Waals surface area contributed by atoms with Crippen LogP contribution in [0.3, 0.4) is 0 Å². The van der Waals surface area contributed by atoms with Crippen LogP contribution in [0.1, 0.15) is 17.2 Å². The molecule has 1 heterocycles. The monoisotopic (exact) mass is 391 g/mol. The predicted octanol–water partition coefficient (Wildman–Crippen LogP) is 3.73. The Morgan fingerprint density at radius 2 is 1.62 bits per heavy atom. The molecule has 1 aliphatic rings. The summed E-state index contributed by atoms with van der Waals surface area (Å²) in [5, 5.41) is 13.9. The molecule has 2 atom stereocenters. The molecule has 4 rings (SSSR count). The lowest BCUT2D eigenvalue weighted by atomic mass is 9.98. The van der Waals surface area contributed by atoms with E-state index in [1.165, 1.54) is 5.56 Å². The molecule has 0 fully saturated rings. The number of para-hydroxylation sites is 1. The lowest BCUT2D eigenvalue weighted by Gasteiger charge is -2.22. The number of aliphatic hydroxyl groups is 1. The maximum atomic E-state index is 10.4. The molecule has 3 aromatic rings. The highest BCUT2D eigenvalue weighted by Crippen LogP contribution is 2.34. The van der Waals surface area contributed by atoms with Crippen LogP contribution in [0.2, 0.25) is 0 Å². The molecular formula is C24H25NO4. The lowest BCUT2D eigenvalue weighted by molar-refractivity contribution is 0.103. The quantitative estimate of drug-likeness (QED) is 0.582. The van der Waals surface area contributed by atoms with Crippen molar-refractivity contribution in [2.75, 3.05) is 19.9 Å². The van der Waals surface area contributed by atoms with Gasteiger partial charge in [-0.3, -0.25) is 0 Å². The Morgan fingerprint density at radius 1 is 0.897 bits per heavy atom. The number of aliphatic hydroxyl groups excluding tert-OH is 1. The van der Waals surface area contributed by atoms with Crippen molar-refractivity contribution in [1.29, 1.82) is 0 Å². The highest BCUT2D eigenvalue weighted by Gasteiger charge is 2.19. The Morgan fingerprint density at radius 3 is 2.41 bits per heavy atom. The van der Waals surface area contributed by atoms with Crippen LogP contribution in [0.5, 0.6) is 17.2 Å². The Hall–Kier alpha value is -3.02. The lowest BCUT2D eigenvalue weighted by Crippen LogP contribution is -2.34. The highest BCUT2D eigenvalue weighted by molar-refractivity contribution is 5.45. The number of benzene rings is 3. The molecule has 0 amide bonds. The predicted molar refractivity (Wildman–Crippen MR) is 111 cm³/mol. The average molecular weight is 391 g/mol. The van der Waals surface area contributed by atoms with E-state index >= 15 is 0 Å². The van der Waals surface area contributed by atoms with Crippen LogP contribution in [-0.4, -0.2) is 31.2 Å². The molecule has 5 heteroatoms. The number of nitrogens with one attached hydrogen (secondary N) is 1. The normalized spacial score (nSPS) is 14.4. The van der Waals surface area contributed by atoms with E-state index in [-0.39, 0.29) is 19.4 Å². The van der Waals surface area contributed by atoms with Crippen molar-refractivity contribution in [2.45, 2.75) is 18.6 Å². The zero-order chi connectivity index (χ0) is 19.9. The van der Waals surface area contributed by atoms with Crippen molar-refractivity contribution in [2.24, 2.45) is 0 Å². The fraction of sp³-hybridized carbons (Fsp3) is 0.250. The zero-order valence-corrected chi connectivity index (χ0v) is 16.2. The summed E-state index contributed by atoms with van der Waals surface area (Å²) < 4.78 is 16.6. The van der Waals surface area contributed by atoms with Crippen LogP contribution in [0.15, 0.2) is 78.9 Å². The van der Waals surface area contributed by atoms with E-state index in [2.05, 4.69) is 17.4 Å². The Labute approximate surface area is 170 Å². The summed E-state index contributed by atoms with van der Waals surface area (Å²) in [6.45, 7) is 0.903. The summed E-state index contributed by atoms with van der Waals surface area (Å²) in [6.07, 6.45) is 0.176. The molecule has 0 saturated heterocycles. The third kappa shape index (κ3) is 5.28. The first-order chi connectivity index (χ1) is 14.3. The Balaban J connectivity index is 1.41. The fourth-order valence-electron chi connectivity index (χ4n) is 3.33. The Bertz CT molecular complexity index is 901. The van der Waals surface area contributed by atoms with Crippen molar-refractivity contribution in [3.8, 4) is 17.2 Å². The number of ether oxygens (including phenoxy) is 3. The van der Waals surface area contributed by atoms with E-state index in [0.29, 0.717) is 6.54 Å². The summed E-state index contributed by atoms with van der Waals surface area (Å²) in [5.74, 6) is 2.28. The molecule has 2 N–H and O–H groups in total. The SMILES string of the molecule is O[C@@H](CN[C@H](Cc1ccccc1)c1ccc2c(c1)OCO2)COc1ccccc1. The van der Waals surface area contributed by atoms with Gasteiger partial charge in [0.15, 0.2) is 11.5 Å². The molecule has 1 aliphatic heterocycles. The summed E-state index contributed by atoms with van der Waals surface area (Å²) in [7, 11) is 0. The van der Waals surface area contributed by atoms with Crippen molar-refractivity contribution in [3.63, 3.8) is 0 Å². The van der Waals surface area contributed by atoms with Crippen molar-refractivity contribution >= 4 is 0 Å². The van der Waals surface area contributed by atoms with E-state index in [9.17, 15) is 5.11 Å². The fourth-order valence-corrected chi connectivity index (χ4v) is 3.33. The van der Waals surface area contributed by atoms with E-state index < -0.39 is 6.10 Å². The number of hydrogen-bond donors (Lipinski definition) is 2. The summed E-state index contributed by atoms with van der Waals surface area (Å²) in [5.41, 5.74) is 2.31. The minimum absolute atomic E-state index is 0.0262. The van der Waals surface area contributed by atoms with Crippen LogP contribution in [0.25, 0.3) is 0 Å². The van der Waals surface area contributed by atoms with Gasteiger partial charge in [0.1, 0.15) is 18.5 Å². The second kappa shape index (κ2) is 9.45. The zero-order valence-electron chi connectivity index (χ0n) is 16.2. The van der Waals surface area contributed by atoms with Gasteiger partial charge in [0.05, 0.1) is 0 Å². The molecule has 0 unspecified atom stereocenters. The molecule has 5 nitrogen and oxygen atoms in total. The molecule has 0 aliphatic carbocycles. The van der Waals surface area contributed by atoms with Crippen molar-refractivity contribution in [3.05, 3.63) is 90.0 Å². The van der Waals surface area contributed by atoms with Crippen LogP contribution in [0, 0.1) is 0 Å². The van der Waals surface area contributed by atoms with Gasteiger partial charge in [-0.25, -0.2) is 0 Å². The second-order valence-corrected chi connectivity index (χ2v) is 7.04. The van der Waals surface area contributed by atoms with E-state index in [4.69, 9.17) is 14.2 Å². The van der Waals surface area contributed by atoms with Crippen LogP contribution in [0.4, 0.5) is 0 Å². The Kier molecular flexibility index (Phi) is 6.29. The molecule has 0 bridgehead atoms. The van der Waals surface area contributed by atoms with Gasteiger partial charge in [-0.15, -0.1) is 0 Å². The number of hydrogen-bond acceptors (Lipinski definition) is 5. The van der Waals surface area contributed by atoms with Gasteiger partial charge < -0.3 is 24.6 Å². The second-order valence-electron chi connectivity index (χ2n) is 7.04. The topological polar surface area (TPSA) is 60.0 Å². The standard InChI is InChI=1S/C24H25NO4/c26-20(16-27-21-9-5-2-6-10-21)15-25-22(13-18-7-3-1-4-8-18)19-11-12-23-24(14-19)29-17-28-23/h1-12,14,20,22,25-26H,13,15-17H2/t20-,22+/m0/s1. The van der Waals surface area contributed by atoms with Gasteiger partial charge in [-0.05, 0) is 41.8 Å². The molecule has 0 aromatic heterocycles. The van der Waals surface area contributed by atoms with Gasteiger partial charge in [0, 0.05) is 12.6 Å². The first-order valence-corrected chi connectivity index (χ1v) is 9.81. The maximum Gasteiger partial charge on any atom is 0.231 e. The molecule has 0 radical (unpaired) electrons. The molecule has 150 valence electrons. The molecular weight excluding hydrogens is 366 g/mol. The molecule has 0 saturated carbocycles. The minimum atomic E-state index is -0.623. The largest absolute Gasteiger partial charge is 0.491 e. The number of rotatable bonds is 9. The van der Waals surface area contributed by atoms with E-state index in [0.717, 1.165) is 29.2 Å². The smallest absolute Gasteiger partial charge is 0.231 e. The van der Waals surface area contributed by atoms with Gasteiger partial charge >= 0.3 is 0 Å². The first-order valence-electron chi connectivity index (χ1n) is 9.81. The van der Waals surface area contributed by atoms with Gasteiger partial charge in [-0.1, -0.05) is 54.6 Å². The maximum absolute atomic E-state index is 10.4. The summed E-state index contributed by atoms with van der Waals surface area (Å²) >= 11 is 0. The van der Waals surface area contributed by atoms with Gasteiger partial charge in [0.25, 0.3) is 0 Å².